The van der Waals surface area contributed by atoms with Gasteiger partial charge in [-0.25, -0.2) is 4.74 Å². The normalized spacial score (nSPS) is 14.8. The lowest BCUT2D eigenvalue weighted by atomic mass is 10.5. The lowest BCUT2D eigenvalue weighted by Gasteiger charge is -2.24. The van der Waals surface area contributed by atoms with Crippen molar-refractivity contribution in [3.63, 3.8) is 0 Å². The molecule has 0 aromatic carbocycles. The first kappa shape index (κ1) is 12.4. The molecule has 0 aliphatic heterocycles. The molecule has 0 heterocycles. The van der Waals surface area contributed by atoms with Gasteiger partial charge in [-0.05, 0) is 4.53 Å². The Labute approximate surface area is 67.1 Å². The number of ether oxygens (including phenoxy) is 1. The van der Waals surface area contributed by atoms with Gasteiger partial charge in [-0.2, -0.15) is 26.3 Å². The van der Waals surface area contributed by atoms with Crippen molar-refractivity contribution in [1.82, 2.24) is 0 Å². The van der Waals surface area contributed by atoms with Crippen molar-refractivity contribution >= 4 is 0 Å². The average molecular weight is 216 g/mol. The molecule has 0 spiro atoms. The number of hydrogen-bond donors (Lipinski definition) is 0. The van der Waals surface area contributed by atoms with E-state index < -0.39 is 18.3 Å². The van der Waals surface area contributed by atoms with E-state index in [1.807, 2.05) is 0 Å². The van der Waals surface area contributed by atoms with E-state index in [0.29, 0.717) is 0 Å². The van der Waals surface area contributed by atoms with Crippen molar-refractivity contribution in [2.75, 3.05) is 0 Å². The second-order valence-corrected chi connectivity index (χ2v) is 2.02. The van der Waals surface area contributed by atoms with Crippen molar-refractivity contribution in [2.45, 2.75) is 25.2 Å². The van der Waals surface area contributed by atoms with Crippen LogP contribution in [0.1, 0.15) is 6.92 Å². The van der Waals surface area contributed by atoms with E-state index in [-0.39, 0.29) is 6.92 Å². The maximum Gasteiger partial charge on any atom is 0.478 e. The van der Waals surface area contributed by atoms with E-state index in [1.165, 1.54) is 4.94 Å². The Morgan fingerprint density at radius 2 is 1.23 bits per heavy atom. The molecule has 0 N–H and O–H groups in total. The molecular weight excluding hydrogens is 213 g/mol. The molecule has 0 saturated carbocycles. The molecule has 0 unspecified atom stereocenters. The predicted molar refractivity (Wildman–Crippen MR) is 23.8 cm³/mol. The fourth-order valence-electron chi connectivity index (χ4n) is 0.329. The Morgan fingerprint density at radius 1 is 0.846 bits per heavy atom. The third-order valence-electron chi connectivity index (χ3n) is 0.743. The summed E-state index contributed by atoms with van der Waals surface area (Å²) >= 11 is 0. The third kappa shape index (κ3) is 3.35. The summed E-state index contributed by atoms with van der Waals surface area (Å²) in [5.41, 5.74) is 0. The van der Waals surface area contributed by atoms with Gasteiger partial charge in [-0.15, -0.1) is 4.94 Å². The highest BCUT2D eigenvalue weighted by molar-refractivity contribution is 4.66. The molecule has 0 atom stereocenters. The summed E-state index contributed by atoms with van der Waals surface area (Å²) in [5.74, 6) is 0. The Bertz CT molecular complexity index is 174. The Morgan fingerprint density at radius 3 is 1.46 bits per heavy atom. The molecule has 80 valence electrons. The van der Waals surface area contributed by atoms with Crippen LogP contribution in [0.5, 0.6) is 0 Å². The highest BCUT2D eigenvalue weighted by atomic mass is 19.4. The van der Waals surface area contributed by atoms with Crippen LogP contribution < -0.4 is 0 Å². The SMILES string of the molecule is CC(F)(F)OC(F)(F)C(F)(F)OF. The molecule has 0 aromatic rings. The van der Waals surface area contributed by atoms with Crippen LogP contribution in [0, 0.1) is 0 Å². The second-order valence-electron chi connectivity index (χ2n) is 2.02. The van der Waals surface area contributed by atoms with Crippen LogP contribution in [0.3, 0.4) is 0 Å². The zero-order chi connectivity index (χ0) is 10.9. The zero-order valence-electron chi connectivity index (χ0n) is 5.96. The fraction of sp³-hybridized carbons (Fsp3) is 1.00. The van der Waals surface area contributed by atoms with E-state index in [0.717, 1.165) is 0 Å². The summed E-state index contributed by atoms with van der Waals surface area (Å²) in [5, 5.41) is 0. The van der Waals surface area contributed by atoms with Gasteiger partial charge < -0.3 is 0 Å². The summed E-state index contributed by atoms with van der Waals surface area (Å²) in [6.07, 6.45) is -16.0. The third-order valence-corrected chi connectivity index (χ3v) is 0.743. The lowest BCUT2D eigenvalue weighted by Crippen LogP contribution is -2.46. The highest BCUT2D eigenvalue weighted by Crippen LogP contribution is 2.40. The molecule has 0 bridgehead atoms. The Kier molecular flexibility index (Phi) is 3.15. The molecule has 0 fully saturated rings. The van der Waals surface area contributed by atoms with Gasteiger partial charge in [0.2, 0.25) is 0 Å². The minimum absolute atomic E-state index is 0.213. The van der Waals surface area contributed by atoms with Gasteiger partial charge in [0.05, 0.1) is 0 Å². The first-order valence-electron chi connectivity index (χ1n) is 2.65. The van der Waals surface area contributed by atoms with Gasteiger partial charge in [0, 0.05) is 6.92 Å². The first-order chi connectivity index (χ1) is 5.52. The minimum atomic E-state index is -5.76. The van der Waals surface area contributed by atoms with E-state index in [2.05, 4.69) is 4.74 Å². The average Bonchev–Trinajstić information content (AvgIpc) is 1.81. The van der Waals surface area contributed by atoms with Gasteiger partial charge in [-0.3, -0.25) is 0 Å². The monoisotopic (exact) mass is 216 g/mol. The summed E-state index contributed by atoms with van der Waals surface area (Å²) in [6, 6.07) is 0. The van der Waals surface area contributed by atoms with Crippen LogP contribution in [0.15, 0.2) is 0 Å². The van der Waals surface area contributed by atoms with Crippen molar-refractivity contribution in [3.05, 3.63) is 0 Å². The van der Waals surface area contributed by atoms with Crippen LogP contribution in [-0.2, 0) is 9.68 Å². The van der Waals surface area contributed by atoms with E-state index in [9.17, 15) is 30.9 Å². The largest absolute Gasteiger partial charge is 0.478 e. The van der Waals surface area contributed by atoms with Crippen molar-refractivity contribution in [2.24, 2.45) is 0 Å². The maximum atomic E-state index is 11.9. The molecule has 9 heteroatoms. The van der Waals surface area contributed by atoms with Gasteiger partial charge in [0.15, 0.2) is 0 Å². The fourth-order valence-corrected chi connectivity index (χ4v) is 0.329. The molecule has 13 heavy (non-hydrogen) atoms. The van der Waals surface area contributed by atoms with Crippen LogP contribution in [0.2, 0.25) is 0 Å². The molecular formula is C4H3F7O2. The smallest absolute Gasteiger partial charge is 0.248 e. The molecule has 0 saturated heterocycles. The highest BCUT2D eigenvalue weighted by Gasteiger charge is 2.64. The standard InChI is InChI=1S/C4H3F7O2/c1-2(5,6)12-3(7,8)4(9,10)13-11/h1H3. The van der Waals surface area contributed by atoms with Crippen molar-refractivity contribution in [1.29, 1.82) is 0 Å². The summed E-state index contributed by atoms with van der Waals surface area (Å²) in [7, 11) is 0. The second kappa shape index (κ2) is 3.29. The number of hydrogen-bond acceptors (Lipinski definition) is 2. The lowest BCUT2D eigenvalue weighted by molar-refractivity contribution is -0.511. The van der Waals surface area contributed by atoms with E-state index in [1.54, 1.807) is 0 Å². The number of alkyl halides is 6. The van der Waals surface area contributed by atoms with E-state index >= 15 is 0 Å². The summed E-state index contributed by atoms with van der Waals surface area (Å²) in [6.45, 7) is -0.213. The van der Waals surface area contributed by atoms with Crippen LogP contribution in [-0.4, -0.2) is 18.3 Å². The minimum Gasteiger partial charge on any atom is -0.248 e. The quantitative estimate of drug-likeness (QED) is 0.672. The first-order valence-corrected chi connectivity index (χ1v) is 2.65. The summed E-state index contributed by atoms with van der Waals surface area (Å²) < 4.78 is 83.5. The zero-order valence-corrected chi connectivity index (χ0v) is 5.96. The molecule has 2 nitrogen and oxygen atoms in total. The summed E-state index contributed by atoms with van der Waals surface area (Å²) in [4.78, 5) is 1.51. The van der Waals surface area contributed by atoms with Gasteiger partial charge in [0.1, 0.15) is 0 Å². The molecule has 0 amide bonds. The number of halogens is 7. The van der Waals surface area contributed by atoms with Gasteiger partial charge in [0.25, 0.3) is 0 Å². The topological polar surface area (TPSA) is 18.5 Å². The molecule has 0 aliphatic rings. The van der Waals surface area contributed by atoms with Gasteiger partial charge >= 0.3 is 18.3 Å². The van der Waals surface area contributed by atoms with Gasteiger partial charge in [-0.1, -0.05) is 0 Å². The van der Waals surface area contributed by atoms with Crippen molar-refractivity contribution in [3.8, 4) is 0 Å². The van der Waals surface area contributed by atoms with E-state index in [4.69, 9.17) is 0 Å². The number of rotatable bonds is 4. The van der Waals surface area contributed by atoms with Crippen LogP contribution >= 0.6 is 0 Å². The molecule has 0 rings (SSSR count). The Hall–Kier alpha value is -0.570. The van der Waals surface area contributed by atoms with Crippen molar-refractivity contribution < 1.29 is 40.5 Å². The van der Waals surface area contributed by atoms with Crippen LogP contribution in [0.25, 0.3) is 0 Å². The maximum absolute atomic E-state index is 11.9. The predicted octanol–water partition coefficient (Wildman–Crippen LogP) is 2.70. The molecule has 0 aromatic heterocycles. The molecule has 0 aliphatic carbocycles. The molecule has 0 radical (unpaired) electrons. The Balaban J connectivity index is 4.58. The van der Waals surface area contributed by atoms with Crippen LogP contribution in [0.4, 0.5) is 30.9 Å².